The number of hydrogen-bond acceptors (Lipinski definition) is 2. The largest absolute Gasteiger partial charge is 0.399 e. The van der Waals surface area contributed by atoms with Crippen LogP contribution < -0.4 is 11.1 Å². The molecule has 0 heterocycles. The van der Waals surface area contributed by atoms with E-state index in [0.29, 0.717) is 0 Å². The Labute approximate surface area is 121 Å². The summed E-state index contributed by atoms with van der Waals surface area (Å²) in [5, 5.41) is 2.96. The van der Waals surface area contributed by atoms with Crippen molar-refractivity contribution in [3.05, 3.63) is 35.9 Å². The maximum atomic E-state index is 11.7. The van der Waals surface area contributed by atoms with Crippen molar-refractivity contribution in [2.24, 2.45) is 5.92 Å². The van der Waals surface area contributed by atoms with Gasteiger partial charge in [-0.2, -0.15) is 0 Å². The van der Waals surface area contributed by atoms with Crippen molar-refractivity contribution in [3.8, 4) is 0 Å². The Morgan fingerprint density at radius 1 is 1.20 bits per heavy atom. The van der Waals surface area contributed by atoms with Gasteiger partial charge < -0.3 is 11.1 Å². The van der Waals surface area contributed by atoms with Gasteiger partial charge in [-0.1, -0.05) is 44.2 Å². The van der Waals surface area contributed by atoms with Gasteiger partial charge in [0.25, 0.3) is 0 Å². The fourth-order valence-corrected chi connectivity index (χ4v) is 2.71. The molecule has 3 nitrogen and oxygen atoms in total. The van der Waals surface area contributed by atoms with Crippen LogP contribution in [0.4, 0.5) is 5.69 Å². The highest BCUT2D eigenvalue weighted by atomic mass is 16.1. The van der Waals surface area contributed by atoms with Crippen molar-refractivity contribution < 1.29 is 4.79 Å². The quantitative estimate of drug-likeness (QED) is 0.638. The normalized spacial score (nSPS) is 16.4. The second-order valence-corrected chi connectivity index (χ2v) is 5.58. The molecule has 0 bridgehead atoms. The second kappa shape index (κ2) is 7.73. The molecule has 1 fully saturated rings. The number of anilines is 1. The number of carbonyl (C=O) groups excluding carboxylic acids is 1. The van der Waals surface area contributed by atoms with E-state index in [4.69, 9.17) is 5.73 Å². The number of rotatable bonds is 5. The summed E-state index contributed by atoms with van der Waals surface area (Å²) in [5.74, 6) is 0.794. The number of amides is 1. The summed E-state index contributed by atoms with van der Waals surface area (Å²) in [7, 11) is 0. The molecule has 3 N–H and O–H groups in total. The number of nitrogen functional groups attached to an aromatic ring is 1. The van der Waals surface area contributed by atoms with Gasteiger partial charge in [-0.3, -0.25) is 4.79 Å². The molecule has 1 aromatic rings. The third-order valence-corrected chi connectivity index (χ3v) is 3.94. The fourth-order valence-electron chi connectivity index (χ4n) is 2.71. The van der Waals surface area contributed by atoms with Crippen LogP contribution in [0.25, 0.3) is 6.08 Å². The Morgan fingerprint density at radius 3 is 2.60 bits per heavy atom. The predicted molar refractivity (Wildman–Crippen MR) is 84.1 cm³/mol. The van der Waals surface area contributed by atoms with Crippen LogP contribution in [-0.4, -0.2) is 12.5 Å². The third kappa shape index (κ3) is 5.08. The summed E-state index contributed by atoms with van der Waals surface area (Å²) in [6, 6.07) is 7.48. The van der Waals surface area contributed by atoms with Gasteiger partial charge in [-0.05, 0) is 36.1 Å². The number of nitrogens with one attached hydrogen (secondary N) is 1. The Kier molecular flexibility index (Phi) is 5.66. The predicted octanol–water partition coefficient (Wildman–Crippen LogP) is 3.37. The average molecular weight is 272 g/mol. The standard InChI is InChI=1S/C17H24N2O/c18-16-9-6-15(7-10-16)8-11-17(20)19-13-12-14-4-2-1-3-5-14/h6-11,14H,1-5,12-13,18H2,(H,19,20)/b11-8+. The van der Waals surface area contributed by atoms with E-state index in [2.05, 4.69) is 5.32 Å². The molecule has 0 unspecified atom stereocenters. The van der Waals surface area contributed by atoms with Crippen LogP contribution in [0.15, 0.2) is 30.3 Å². The van der Waals surface area contributed by atoms with Gasteiger partial charge in [0.2, 0.25) is 5.91 Å². The number of carbonyl (C=O) groups is 1. The molecule has 1 amide bonds. The van der Waals surface area contributed by atoms with Crippen LogP contribution in [0.2, 0.25) is 0 Å². The van der Waals surface area contributed by atoms with Crippen molar-refractivity contribution in [2.45, 2.75) is 38.5 Å². The van der Waals surface area contributed by atoms with Crippen LogP contribution in [-0.2, 0) is 4.79 Å². The zero-order valence-electron chi connectivity index (χ0n) is 12.0. The smallest absolute Gasteiger partial charge is 0.243 e. The van der Waals surface area contributed by atoms with Gasteiger partial charge >= 0.3 is 0 Å². The number of hydrogen-bond donors (Lipinski definition) is 2. The summed E-state index contributed by atoms with van der Waals surface area (Å²) in [6.45, 7) is 0.787. The Balaban J connectivity index is 1.68. The second-order valence-electron chi connectivity index (χ2n) is 5.58. The van der Waals surface area contributed by atoms with E-state index in [1.165, 1.54) is 32.1 Å². The molecular formula is C17H24N2O. The van der Waals surface area contributed by atoms with Crippen molar-refractivity contribution in [2.75, 3.05) is 12.3 Å². The van der Waals surface area contributed by atoms with E-state index in [0.717, 1.165) is 30.1 Å². The molecule has 1 aliphatic carbocycles. The van der Waals surface area contributed by atoms with Crippen LogP contribution in [0, 0.1) is 5.92 Å². The lowest BCUT2D eigenvalue weighted by molar-refractivity contribution is -0.116. The van der Waals surface area contributed by atoms with Gasteiger partial charge in [-0.25, -0.2) is 0 Å². The van der Waals surface area contributed by atoms with E-state index >= 15 is 0 Å². The summed E-state index contributed by atoms with van der Waals surface area (Å²) < 4.78 is 0. The molecule has 1 saturated carbocycles. The molecule has 20 heavy (non-hydrogen) atoms. The first-order valence-electron chi connectivity index (χ1n) is 7.55. The third-order valence-electron chi connectivity index (χ3n) is 3.94. The van der Waals surface area contributed by atoms with Crippen molar-refractivity contribution in [1.29, 1.82) is 0 Å². The van der Waals surface area contributed by atoms with Crippen LogP contribution in [0.3, 0.4) is 0 Å². The van der Waals surface area contributed by atoms with Crippen molar-refractivity contribution in [3.63, 3.8) is 0 Å². The molecule has 1 aromatic carbocycles. The highest BCUT2D eigenvalue weighted by molar-refractivity contribution is 5.91. The maximum Gasteiger partial charge on any atom is 0.243 e. The molecular weight excluding hydrogens is 248 g/mol. The first-order chi connectivity index (χ1) is 9.74. The molecule has 3 heteroatoms. The minimum Gasteiger partial charge on any atom is -0.399 e. The molecule has 0 atom stereocenters. The van der Waals surface area contributed by atoms with E-state index < -0.39 is 0 Å². The van der Waals surface area contributed by atoms with Crippen molar-refractivity contribution in [1.82, 2.24) is 5.32 Å². The molecule has 0 aromatic heterocycles. The molecule has 2 rings (SSSR count). The lowest BCUT2D eigenvalue weighted by atomic mass is 9.87. The Bertz CT molecular complexity index is 445. The van der Waals surface area contributed by atoms with E-state index in [-0.39, 0.29) is 5.91 Å². The maximum absolute atomic E-state index is 11.7. The van der Waals surface area contributed by atoms with E-state index in [1.54, 1.807) is 6.08 Å². The monoisotopic (exact) mass is 272 g/mol. The molecule has 1 aliphatic rings. The molecule has 0 saturated heterocycles. The zero-order valence-corrected chi connectivity index (χ0v) is 12.0. The molecule has 0 radical (unpaired) electrons. The van der Waals surface area contributed by atoms with Crippen LogP contribution in [0.5, 0.6) is 0 Å². The lowest BCUT2D eigenvalue weighted by Crippen LogP contribution is -2.24. The van der Waals surface area contributed by atoms with Gasteiger partial charge in [-0.15, -0.1) is 0 Å². The molecule has 0 aliphatic heterocycles. The molecule has 0 spiro atoms. The van der Waals surface area contributed by atoms with E-state index in [9.17, 15) is 4.79 Å². The Morgan fingerprint density at radius 2 is 1.90 bits per heavy atom. The minimum absolute atomic E-state index is 0.0161. The summed E-state index contributed by atoms with van der Waals surface area (Å²) in [4.78, 5) is 11.7. The number of nitrogens with two attached hydrogens (primary N) is 1. The molecule has 108 valence electrons. The van der Waals surface area contributed by atoms with Gasteiger partial charge in [0.05, 0.1) is 0 Å². The zero-order chi connectivity index (χ0) is 14.2. The first kappa shape index (κ1) is 14.6. The van der Waals surface area contributed by atoms with E-state index in [1.807, 2.05) is 30.3 Å². The van der Waals surface area contributed by atoms with Gasteiger partial charge in [0, 0.05) is 18.3 Å². The number of benzene rings is 1. The fraction of sp³-hybridized carbons (Fsp3) is 0.471. The minimum atomic E-state index is -0.0161. The SMILES string of the molecule is Nc1ccc(/C=C/C(=O)NCCC2CCCCC2)cc1. The summed E-state index contributed by atoms with van der Waals surface area (Å²) in [5.41, 5.74) is 7.34. The average Bonchev–Trinajstić information content (AvgIpc) is 2.48. The highest BCUT2D eigenvalue weighted by Crippen LogP contribution is 2.25. The van der Waals surface area contributed by atoms with Gasteiger partial charge in [0.15, 0.2) is 0 Å². The topological polar surface area (TPSA) is 55.1 Å². The Hall–Kier alpha value is -1.77. The van der Waals surface area contributed by atoms with Gasteiger partial charge in [0.1, 0.15) is 0 Å². The first-order valence-corrected chi connectivity index (χ1v) is 7.55. The van der Waals surface area contributed by atoms with Crippen LogP contribution in [0.1, 0.15) is 44.1 Å². The highest BCUT2D eigenvalue weighted by Gasteiger charge is 2.12. The lowest BCUT2D eigenvalue weighted by Gasteiger charge is -2.21. The summed E-state index contributed by atoms with van der Waals surface area (Å²) >= 11 is 0. The summed E-state index contributed by atoms with van der Waals surface area (Å²) in [6.07, 6.45) is 11.3. The van der Waals surface area contributed by atoms with Crippen LogP contribution >= 0.6 is 0 Å². The van der Waals surface area contributed by atoms with Crippen molar-refractivity contribution >= 4 is 17.7 Å².